The van der Waals surface area contributed by atoms with Crippen LogP contribution in [-0.2, 0) is 14.6 Å². The Labute approximate surface area is 152 Å². The van der Waals surface area contributed by atoms with Crippen molar-refractivity contribution in [2.45, 2.75) is 12.1 Å². The zero-order valence-corrected chi connectivity index (χ0v) is 16.0. The summed E-state index contributed by atoms with van der Waals surface area (Å²) in [4.78, 5) is 20.0. The lowest BCUT2D eigenvalue weighted by Gasteiger charge is -2.28. The molecule has 0 bridgehead atoms. The first-order valence-corrected chi connectivity index (χ1v) is 10.7. The number of amides is 1. The van der Waals surface area contributed by atoms with Crippen molar-refractivity contribution in [3.63, 3.8) is 0 Å². The molecule has 0 saturated carbocycles. The van der Waals surface area contributed by atoms with Crippen molar-refractivity contribution in [3.8, 4) is 5.75 Å². The highest BCUT2D eigenvalue weighted by atomic mass is 32.2. The third-order valence-electron chi connectivity index (χ3n) is 4.28. The molecule has 9 heteroatoms. The first kappa shape index (κ1) is 18.1. The number of hydrogen-bond donors (Lipinski definition) is 0. The van der Waals surface area contributed by atoms with Gasteiger partial charge in [0, 0.05) is 14.1 Å². The Morgan fingerprint density at radius 1 is 1.36 bits per heavy atom. The van der Waals surface area contributed by atoms with Gasteiger partial charge in [0.25, 0.3) is 0 Å². The monoisotopic (exact) mass is 383 g/mol. The van der Waals surface area contributed by atoms with Crippen LogP contribution in [0.2, 0.25) is 0 Å². The summed E-state index contributed by atoms with van der Waals surface area (Å²) in [6.45, 7) is 0. The topological polar surface area (TPSA) is 79.3 Å². The van der Waals surface area contributed by atoms with Crippen molar-refractivity contribution < 1.29 is 17.9 Å². The van der Waals surface area contributed by atoms with Gasteiger partial charge in [-0.3, -0.25) is 9.79 Å². The predicted octanol–water partition coefficient (Wildman–Crippen LogP) is 0.858. The van der Waals surface area contributed by atoms with Gasteiger partial charge < -0.3 is 14.5 Å². The number of hydrogen-bond acceptors (Lipinski definition) is 7. The standard InChI is InChI=1S/C16H21N3O4S2/c1-18(2)15(20)8-24-16-17-11-9-25(21,22)10-13(11)19(16)12-6-4-5-7-14(12)23-3/h4-7,11,13H,8-10H2,1-3H3/t11-,13-/m0/s1. The van der Waals surface area contributed by atoms with Crippen LogP contribution in [-0.4, -0.2) is 74.9 Å². The Morgan fingerprint density at radius 2 is 2.08 bits per heavy atom. The predicted molar refractivity (Wildman–Crippen MR) is 100 cm³/mol. The number of aliphatic imine (C=N–C) groups is 1. The maximum Gasteiger partial charge on any atom is 0.232 e. The van der Waals surface area contributed by atoms with Crippen molar-refractivity contribution in [2.24, 2.45) is 4.99 Å². The number of anilines is 1. The fraction of sp³-hybridized carbons (Fsp3) is 0.500. The van der Waals surface area contributed by atoms with Gasteiger partial charge in [0.1, 0.15) is 5.75 Å². The van der Waals surface area contributed by atoms with Crippen molar-refractivity contribution in [1.29, 1.82) is 0 Å². The van der Waals surface area contributed by atoms with E-state index < -0.39 is 9.84 Å². The number of para-hydroxylation sites is 2. The minimum absolute atomic E-state index is 0.0163. The Balaban J connectivity index is 1.93. The molecule has 2 aliphatic rings. The maximum absolute atomic E-state index is 12.0. The molecule has 1 saturated heterocycles. The van der Waals surface area contributed by atoms with Gasteiger partial charge in [0.05, 0.1) is 42.1 Å². The molecule has 1 fully saturated rings. The van der Waals surface area contributed by atoms with Gasteiger partial charge >= 0.3 is 0 Å². The number of methoxy groups -OCH3 is 1. The second kappa shape index (κ2) is 6.87. The number of thioether (sulfide) groups is 1. The highest BCUT2D eigenvalue weighted by Gasteiger charge is 2.47. The smallest absolute Gasteiger partial charge is 0.232 e. The summed E-state index contributed by atoms with van der Waals surface area (Å²) >= 11 is 1.33. The summed E-state index contributed by atoms with van der Waals surface area (Å²) in [5.74, 6) is 1.00. The van der Waals surface area contributed by atoms with Crippen LogP contribution in [0, 0.1) is 0 Å². The minimum atomic E-state index is -3.11. The van der Waals surface area contributed by atoms with Crippen LogP contribution in [0.25, 0.3) is 0 Å². The van der Waals surface area contributed by atoms with Crippen LogP contribution in [0.15, 0.2) is 29.3 Å². The number of fused-ring (bicyclic) bond motifs is 1. The van der Waals surface area contributed by atoms with E-state index in [1.807, 2.05) is 29.2 Å². The van der Waals surface area contributed by atoms with E-state index in [4.69, 9.17) is 4.74 Å². The zero-order chi connectivity index (χ0) is 18.2. The van der Waals surface area contributed by atoms with E-state index in [9.17, 15) is 13.2 Å². The lowest BCUT2D eigenvalue weighted by molar-refractivity contribution is -0.125. The number of nitrogens with zero attached hydrogens (tertiary/aromatic N) is 3. The number of carbonyl (C=O) groups excluding carboxylic acids is 1. The molecule has 2 aliphatic heterocycles. The lowest BCUT2D eigenvalue weighted by Crippen LogP contribution is -2.39. The first-order chi connectivity index (χ1) is 11.8. The fourth-order valence-corrected chi connectivity index (χ4v) is 5.94. The number of rotatable bonds is 4. The largest absolute Gasteiger partial charge is 0.495 e. The molecule has 0 unspecified atom stereocenters. The Hall–Kier alpha value is -1.74. The first-order valence-electron chi connectivity index (χ1n) is 7.86. The average molecular weight is 383 g/mol. The van der Waals surface area contributed by atoms with Crippen molar-refractivity contribution in [3.05, 3.63) is 24.3 Å². The van der Waals surface area contributed by atoms with Gasteiger partial charge in [-0.15, -0.1) is 0 Å². The molecular weight excluding hydrogens is 362 g/mol. The number of benzene rings is 1. The summed E-state index contributed by atoms with van der Waals surface area (Å²) in [7, 11) is 1.89. The summed E-state index contributed by atoms with van der Waals surface area (Å²) in [5.41, 5.74) is 0.776. The SMILES string of the molecule is COc1ccccc1N1C(SCC(=O)N(C)C)=N[C@H]2CS(=O)(=O)C[C@@H]21. The quantitative estimate of drug-likeness (QED) is 0.767. The van der Waals surface area contributed by atoms with E-state index in [1.165, 1.54) is 16.7 Å². The van der Waals surface area contributed by atoms with Crippen molar-refractivity contribution >= 4 is 38.4 Å². The highest BCUT2D eigenvalue weighted by molar-refractivity contribution is 8.14. The van der Waals surface area contributed by atoms with E-state index in [2.05, 4.69) is 4.99 Å². The Kier molecular flexibility index (Phi) is 4.97. The molecule has 25 heavy (non-hydrogen) atoms. The molecule has 0 aliphatic carbocycles. The number of sulfone groups is 1. The number of carbonyl (C=O) groups is 1. The second-order valence-electron chi connectivity index (χ2n) is 6.24. The highest BCUT2D eigenvalue weighted by Crippen LogP contribution is 2.39. The molecule has 2 atom stereocenters. The van der Waals surface area contributed by atoms with Crippen molar-refractivity contribution in [2.75, 3.05) is 43.4 Å². The van der Waals surface area contributed by atoms with Crippen molar-refractivity contribution in [1.82, 2.24) is 4.90 Å². The van der Waals surface area contributed by atoms with E-state index in [-0.39, 0.29) is 35.2 Å². The molecule has 7 nitrogen and oxygen atoms in total. The fourth-order valence-electron chi connectivity index (χ4n) is 3.00. The normalized spacial score (nSPS) is 24.0. The molecule has 3 rings (SSSR count). The van der Waals surface area contributed by atoms with Crippen LogP contribution in [0.4, 0.5) is 5.69 Å². The van der Waals surface area contributed by atoms with Gasteiger partial charge in [-0.1, -0.05) is 23.9 Å². The second-order valence-corrected chi connectivity index (χ2v) is 9.34. The summed E-state index contributed by atoms with van der Waals surface area (Å²) in [5, 5.41) is 0.671. The number of ether oxygens (including phenoxy) is 1. The molecule has 1 aromatic carbocycles. The molecule has 0 spiro atoms. The average Bonchev–Trinajstić information content (AvgIpc) is 3.03. The van der Waals surface area contributed by atoms with E-state index in [0.29, 0.717) is 10.9 Å². The van der Waals surface area contributed by atoms with E-state index >= 15 is 0 Å². The van der Waals surface area contributed by atoms with Gasteiger partial charge in [-0.05, 0) is 12.1 Å². The molecule has 0 aromatic heterocycles. The molecule has 1 amide bonds. The van der Waals surface area contributed by atoms with Crippen LogP contribution >= 0.6 is 11.8 Å². The van der Waals surface area contributed by atoms with E-state index in [1.54, 1.807) is 21.2 Å². The van der Waals surface area contributed by atoms with Crippen LogP contribution in [0.5, 0.6) is 5.75 Å². The third kappa shape index (κ3) is 3.62. The van der Waals surface area contributed by atoms with Gasteiger partial charge in [-0.25, -0.2) is 8.42 Å². The van der Waals surface area contributed by atoms with Crippen LogP contribution in [0.1, 0.15) is 0 Å². The third-order valence-corrected chi connectivity index (χ3v) is 6.93. The molecule has 2 heterocycles. The lowest BCUT2D eigenvalue weighted by atomic mass is 10.1. The summed E-state index contributed by atoms with van der Waals surface area (Å²) < 4.78 is 29.5. The molecular formula is C16H21N3O4S2. The summed E-state index contributed by atoms with van der Waals surface area (Å²) in [6.07, 6.45) is 0. The van der Waals surface area contributed by atoms with Gasteiger partial charge in [-0.2, -0.15) is 0 Å². The Bertz CT molecular complexity index is 807. The van der Waals surface area contributed by atoms with Gasteiger partial charge in [0.2, 0.25) is 5.91 Å². The zero-order valence-electron chi connectivity index (χ0n) is 14.4. The number of amidine groups is 1. The summed E-state index contributed by atoms with van der Waals surface area (Å²) in [6, 6.07) is 6.91. The van der Waals surface area contributed by atoms with Gasteiger partial charge in [0.15, 0.2) is 15.0 Å². The van der Waals surface area contributed by atoms with Crippen LogP contribution < -0.4 is 9.64 Å². The molecule has 0 radical (unpaired) electrons. The Morgan fingerprint density at radius 3 is 2.76 bits per heavy atom. The van der Waals surface area contributed by atoms with E-state index in [0.717, 1.165) is 5.69 Å². The molecule has 1 aromatic rings. The van der Waals surface area contributed by atoms with Crippen LogP contribution in [0.3, 0.4) is 0 Å². The molecule has 136 valence electrons. The maximum atomic E-state index is 12.0. The molecule has 0 N–H and O–H groups in total. The minimum Gasteiger partial charge on any atom is -0.495 e.